The van der Waals surface area contributed by atoms with Crippen LogP contribution in [0.2, 0.25) is 0 Å². The Kier molecular flexibility index (Phi) is 5.89. The minimum absolute atomic E-state index is 0.0942. The Morgan fingerprint density at radius 2 is 1.72 bits per heavy atom. The van der Waals surface area contributed by atoms with Crippen LogP contribution in [-0.4, -0.2) is 15.4 Å². The maximum absolute atomic E-state index is 12.6. The van der Waals surface area contributed by atoms with E-state index in [9.17, 15) is 9.59 Å². The van der Waals surface area contributed by atoms with Gasteiger partial charge in [-0.15, -0.1) is 0 Å². The first-order valence-corrected chi connectivity index (χ1v) is 10.3. The van der Waals surface area contributed by atoms with Crippen LogP contribution in [-0.2, 0) is 6.61 Å². The number of fused-ring (bicyclic) bond motifs is 1. The predicted molar refractivity (Wildman–Crippen MR) is 126 cm³/mol. The monoisotopic (exact) mass is 428 g/mol. The molecule has 32 heavy (non-hydrogen) atoms. The molecule has 7 heteroatoms. The molecule has 0 bridgehead atoms. The summed E-state index contributed by atoms with van der Waals surface area (Å²) in [5.41, 5.74) is 5.29. The SMILES string of the molecule is Cc1ccn2c(=O)cc(COc3ccccc3NC(=O)Nc3cccc(C)c3C)nc2c1. The van der Waals surface area contributed by atoms with Gasteiger partial charge in [0.25, 0.3) is 5.56 Å². The molecule has 162 valence electrons. The van der Waals surface area contributed by atoms with E-state index in [0.717, 1.165) is 22.4 Å². The molecule has 0 aliphatic carbocycles. The zero-order valence-corrected chi connectivity index (χ0v) is 18.2. The van der Waals surface area contributed by atoms with E-state index in [2.05, 4.69) is 15.6 Å². The van der Waals surface area contributed by atoms with Crippen LogP contribution in [0.4, 0.5) is 16.2 Å². The van der Waals surface area contributed by atoms with Gasteiger partial charge in [0.05, 0.1) is 11.4 Å². The van der Waals surface area contributed by atoms with Crippen molar-refractivity contribution in [2.45, 2.75) is 27.4 Å². The summed E-state index contributed by atoms with van der Waals surface area (Å²) >= 11 is 0. The number of hydrogen-bond acceptors (Lipinski definition) is 4. The summed E-state index contributed by atoms with van der Waals surface area (Å²) in [7, 11) is 0. The van der Waals surface area contributed by atoms with Crippen LogP contribution in [0.1, 0.15) is 22.4 Å². The standard InChI is InChI=1S/C25H24N4O3/c1-16-11-12-29-23(13-16)26-19(14-24(29)30)15-32-22-10-5-4-8-21(22)28-25(31)27-20-9-6-7-17(2)18(20)3/h4-14H,15H2,1-3H3,(H2,27,28,31). The molecule has 0 spiro atoms. The lowest BCUT2D eigenvalue weighted by Crippen LogP contribution is -2.20. The quantitative estimate of drug-likeness (QED) is 0.476. The molecule has 2 heterocycles. The van der Waals surface area contributed by atoms with Gasteiger partial charge in [0.2, 0.25) is 0 Å². The first-order valence-electron chi connectivity index (χ1n) is 10.3. The third-order valence-corrected chi connectivity index (χ3v) is 5.24. The molecular formula is C25H24N4O3. The third kappa shape index (κ3) is 4.62. The van der Waals surface area contributed by atoms with Crippen molar-refractivity contribution < 1.29 is 9.53 Å². The van der Waals surface area contributed by atoms with Crippen LogP contribution in [0, 0.1) is 20.8 Å². The average Bonchev–Trinajstić information content (AvgIpc) is 2.76. The van der Waals surface area contributed by atoms with Gasteiger partial charge < -0.3 is 15.4 Å². The molecule has 0 saturated heterocycles. The summed E-state index contributed by atoms with van der Waals surface area (Å²) < 4.78 is 7.39. The normalized spacial score (nSPS) is 10.7. The van der Waals surface area contributed by atoms with Crippen molar-refractivity contribution in [1.29, 1.82) is 0 Å². The molecule has 2 aromatic heterocycles. The minimum atomic E-state index is -0.368. The number of nitrogens with one attached hydrogen (secondary N) is 2. The van der Waals surface area contributed by atoms with Crippen LogP contribution in [0.25, 0.3) is 5.65 Å². The van der Waals surface area contributed by atoms with Crippen molar-refractivity contribution >= 4 is 23.1 Å². The molecule has 7 nitrogen and oxygen atoms in total. The number of ether oxygens (including phenoxy) is 1. The van der Waals surface area contributed by atoms with Crippen LogP contribution in [0.3, 0.4) is 0 Å². The molecule has 0 radical (unpaired) electrons. The molecule has 2 N–H and O–H groups in total. The minimum Gasteiger partial charge on any atom is -0.485 e. The third-order valence-electron chi connectivity index (χ3n) is 5.24. The smallest absolute Gasteiger partial charge is 0.323 e. The summed E-state index contributed by atoms with van der Waals surface area (Å²) in [5, 5.41) is 5.70. The fourth-order valence-electron chi connectivity index (χ4n) is 3.34. The van der Waals surface area contributed by atoms with Crippen LogP contribution in [0.5, 0.6) is 5.75 Å². The second-order valence-corrected chi connectivity index (χ2v) is 7.63. The number of anilines is 2. The van der Waals surface area contributed by atoms with Crippen LogP contribution in [0.15, 0.2) is 71.7 Å². The van der Waals surface area contributed by atoms with E-state index in [1.807, 2.05) is 63.2 Å². The number of rotatable bonds is 5. The van der Waals surface area contributed by atoms with Gasteiger partial charge in [0.1, 0.15) is 18.0 Å². The molecule has 0 saturated carbocycles. The molecule has 0 unspecified atom stereocenters. The second-order valence-electron chi connectivity index (χ2n) is 7.63. The van der Waals surface area contributed by atoms with E-state index < -0.39 is 0 Å². The zero-order chi connectivity index (χ0) is 22.7. The number of carbonyl (C=O) groups is 1. The summed E-state index contributed by atoms with van der Waals surface area (Å²) in [5.74, 6) is 0.481. The van der Waals surface area contributed by atoms with Gasteiger partial charge in [-0.05, 0) is 67.8 Å². The van der Waals surface area contributed by atoms with E-state index >= 15 is 0 Å². The summed E-state index contributed by atoms with van der Waals surface area (Å²) in [4.78, 5) is 29.4. The molecule has 0 aliphatic heterocycles. The molecule has 0 fully saturated rings. The highest BCUT2D eigenvalue weighted by atomic mass is 16.5. The maximum Gasteiger partial charge on any atom is 0.323 e. The van der Waals surface area contributed by atoms with E-state index in [0.29, 0.717) is 22.8 Å². The molecule has 4 rings (SSSR count). The van der Waals surface area contributed by atoms with Crippen molar-refractivity contribution in [3.05, 3.63) is 99.6 Å². The highest BCUT2D eigenvalue weighted by molar-refractivity contribution is 6.01. The largest absolute Gasteiger partial charge is 0.485 e. The van der Waals surface area contributed by atoms with Crippen molar-refractivity contribution in [3.8, 4) is 5.75 Å². The van der Waals surface area contributed by atoms with Crippen LogP contribution < -0.4 is 20.9 Å². The number of aromatic nitrogens is 2. The second kappa shape index (κ2) is 8.93. The average molecular weight is 428 g/mol. The first-order chi connectivity index (χ1) is 15.4. The number of nitrogens with zero attached hydrogens (tertiary/aromatic N) is 2. The lowest BCUT2D eigenvalue weighted by atomic mass is 10.1. The fraction of sp³-hybridized carbons (Fsp3) is 0.160. The Hall–Kier alpha value is -4.13. The molecule has 0 atom stereocenters. The number of benzene rings is 2. The van der Waals surface area contributed by atoms with Crippen molar-refractivity contribution in [2.75, 3.05) is 10.6 Å². The van der Waals surface area contributed by atoms with E-state index in [4.69, 9.17) is 4.74 Å². The Bertz CT molecular complexity index is 1360. The Morgan fingerprint density at radius 1 is 0.969 bits per heavy atom. The van der Waals surface area contributed by atoms with Gasteiger partial charge in [-0.1, -0.05) is 24.3 Å². The molecule has 4 aromatic rings. The number of urea groups is 1. The summed E-state index contributed by atoms with van der Waals surface area (Å²) in [6.07, 6.45) is 1.71. The van der Waals surface area contributed by atoms with E-state index in [1.165, 1.54) is 10.5 Å². The Labute approximate surface area is 185 Å². The first kappa shape index (κ1) is 21.1. The van der Waals surface area contributed by atoms with Gasteiger partial charge in [0, 0.05) is 18.0 Å². The fourth-order valence-corrected chi connectivity index (χ4v) is 3.34. The van der Waals surface area contributed by atoms with Crippen molar-refractivity contribution in [1.82, 2.24) is 9.38 Å². The number of para-hydroxylation sites is 2. The molecule has 2 aromatic carbocycles. The highest BCUT2D eigenvalue weighted by Crippen LogP contribution is 2.25. The Balaban J connectivity index is 1.49. The van der Waals surface area contributed by atoms with Gasteiger partial charge in [-0.2, -0.15) is 0 Å². The summed E-state index contributed by atoms with van der Waals surface area (Å²) in [6, 6.07) is 17.7. The zero-order valence-electron chi connectivity index (χ0n) is 18.2. The molecular weight excluding hydrogens is 404 g/mol. The van der Waals surface area contributed by atoms with Gasteiger partial charge in [-0.25, -0.2) is 9.78 Å². The van der Waals surface area contributed by atoms with Gasteiger partial charge in [-0.3, -0.25) is 9.20 Å². The van der Waals surface area contributed by atoms with Gasteiger partial charge >= 0.3 is 6.03 Å². The molecule has 0 aliphatic rings. The number of aryl methyl sites for hydroxylation is 2. The lowest BCUT2D eigenvalue weighted by molar-refractivity contribution is 0.261. The number of amides is 2. The Morgan fingerprint density at radius 3 is 2.56 bits per heavy atom. The van der Waals surface area contributed by atoms with Crippen molar-refractivity contribution in [2.24, 2.45) is 0 Å². The number of carbonyl (C=O) groups excluding carboxylic acids is 1. The van der Waals surface area contributed by atoms with Crippen LogP contribution >= 0.6 is 0 Å². The number of pyridine rings is 1. The van der Waals surface area contributed by atoms with E-state index in [-0.39, 0.29) is 18.2 Å². The van der Waals surface area contributed by atoms with Crippen molar-refractivity contribution in [3.63, 3.8) is 0 Å². The maximum atomic E-state index is 12.6. The summed E-state index contributed by atoms with van der Waals surface area (Å²) in [6.45, 7) is 6.00. The number of hydrogen-bond donors (Lipinski definition) is 2. The molecule has 2 amide bonds. The van der Waals surface area contributed by atoms with Gasteiger partial charge in [0.15, 0.2) is 0 Å². The topological polar surface area (TPSA) is 84.7 Å². The predicted octanol–water partition coefficient (Wildman–Crippen LogP) is 4.84. The van der Waals surface area contributed by atoms with E-state index in [1.54, 1.807) is 18.3 Å². The lowest BCUT2D eigenvalue weighted by Gasteiger charge is -2.14. The highest BCUT2D eigenvalue weighted by Gasteiger charge is 2.11.